The number of hydrogen-bond acceptors (Lipinski definition) is 3. The molecule has 3 N–H and O–H groups in total. The lowest BCUT2D eigenvalue weighted by Crippen LogP contribution is -2.43. The van der Waals surface area contributed by atoms with Crippen LogP contribution < -0.4 is 15.8 Å². The third-order valence-electron chi connectivity index (χ3n) is 2.90. The second kappa shape index (κ2) is 8.12. The molecule has 4 nitrogen and oxygen atoms in total. The first kappa shape index (κ1) is 16.8. The summed E-state index contributed by atoms with van der Waals surface area (Å²) in [7, 11) is 0. The van der Waals surface area contributed by atoms with Crippen molar-refractivity contribution in [2.24, 2.45) is 11.7 Å². The van der Waals surface area contributed by atoms with E-state index in [1.165, 1.54) is 0 Å². The van der Waals surface area contributed by atoms with Crippen LogP contribution in [-0.4, -0.2) is 25.1 Å². The maximum Gasteiger partial charge on any atom is 0.258 e. The summed E-state index contributed by atoms with van der Waals surface area (Å²) in [5, 5.41) is 3.56. The first-order valence-corrected chi connectivity index (χ1v) is 7.18. The Morgan fingerprint density at radius 2 is 2.15 bits per heavy atom. The van der Waals surface area contributed by atoms with Crippen molar-refractivity contribution in [2.75, 3.05) is 13.2 Å². The molecule has 0 saturated carbocycles. The maximum atomic E-state index is 11.8. The number of amides is 1. The molecular formula is C15H23ClN2O2. The van der Waals surface area contributed by atoms with Gasteiger partial charge in [-0.3, -0.25) is 4.79 Å². The lowest BCUT2D eigenvalue weighted by Gasteiger charge is -2.19. The van der Waals surface area contributed by atoms with Crippen molar-refractivity contribution in [3.05, 3.63) is 28.8 Å². The van der Waals surface area contributed by atoms with Gasteiger partial charge < -0.3 is 15.8 Å². The van der Waals surface area contributed by atoms with E-state index in [-0.39, 0.29) is 18.6 Å². The van der Waals surface area contributed by atoms with Gasteiger partial charge in [0, 0.05) is 17.6 Å². The fourth-order valence-corrected chi connectivity index (χ4v) is 2.03. The SMILES string of the molecule is Cc1cc(OCC(=O)NC(CN)CC(C)C)ccc1Cl. The summed E-state index contributed by atoms with van der Waals surface area (Å²) in [5.74, 6) is 0.965. The van der Waals surface area contributed by atoms with E-state index < -0.39 is 0 Å². The number of benzene rings is 1. The van der Waals surface area contributed by atoms with Gasteiger partial charge in [0.2, 0.25) is 0 Å². The highest BCUT2D eigenvalue weighted by atomic mass is 35.5. The van der Waals surface area contributed by atoms with E-state index in [2.05, 4.69) is 19.2 Å². The normalized spacial score (nSPS) is 12.3. The number of nitrogens with two attached hydrogens (primary N) is 1. The van der Waals surface area contributed by atoms with Gasteiger partial charge in [0.1, 0.15) is 5.75 Å². The molecule has 0 radical (unpaired) electrons. The molecule has 1 rings (SSSR count). The van der Waals surface area contributed by atoms with Gasteiger partial charge in [-0.1, -0.05) is 25.4 Å². The number of nitrogens with one attached hydrogen (secondary N) is 1. The number of aryl methyl sites for hydroxylation is 1. The summed E-state index contributed by atoms with van der Waals surface area (Å²) < 4.78 is 5.44. The van der Waals surface area contributed by atoms with E-state index >= 15 is 0 Å². The van der Waals surface area contributed by atoms with Crippen LogP contribution in [0, 0.1) is 12.8 Å². The standard InChI is InChI=1S/C15H23ClN2O2/c1-10(2)6-12(8-17)18-15(19)9-20-13-4-5-14(16)11(3)7-13/h4-5,7,10,12H,6,8-9,17H2,1-3H3,(H,18,19). The molecule has 1 amide bonds. The van der Waals surface area contributed by atoms with Gasteiger partial charge in [0.05, 0.1) is 0 Å². The van der Waals surface area contributed by atoms with Crippen molar-refractivity contribution >= 4 is 17.5 Å². The first-order chi connectivity index (χ1) is 9.42. The molecule has 0 aliphatic rings. The van der Waals surface area contributed by atoms with Crippen LogP contribution in [0.3, 0.4) is 0 Å². The van der Waals surface area contributed by atoms with E-state index in [9.17, 15) is 4.79 Å². The smallest absolute Gasteiger partial charge is 0.258 e. The third kappa shape index (κ3) is 5.80. The molecule has 0 aliphatic carbocycles. The van der Waals surface area contributed by atoms with Gasteiger partial charge >= 0.3 is 0 Å². The van der Waals surface area contributed by atoms with Gasteiger partial charge in [-0.05, 0) is 43.0 Å². The minimum atomic E-state index is -0.159. The zero-order valence-electron chi connectivity index (χ0n) is 12.3. The maximum absolute atomic E-state index is 11.8. The Bertz CT molecular complexity index is 449. The first-order valence-electron chi connectivity index (χ1n) is 6.80. The summed E-state index contributed by atoms with van der Waals surface area (Å²) >= 11 is 5.93. The van der Waals surface area contributed by atoms with Gasteiger partial charge in [0.15, 0.2) is 6.61 Å². The van der Waals surface area contributed by atoms with Crippen LogP contribution in [-0.2, 0) is 4.79 Å². The molecule has 1 atom stereocenters. The summed E-state index contributed by atoms with van der Waals surface area (Å²) in [4.78, 5) is 11.8. The highest BCUT2D eigenvalue weighted by molar-refractivity contribution is 6.31. The lowest BCUT2D eigenvalue weighted by atomic mass is 10.0. The molecule has 1 aromatic carbocycles. The van der Waals surface area contributed by atoms with Crippen LogP contribution in [0.4, 0.5) is 0 Å². The second-order valence-corrected chi connectivity index (χ2v) is 5.74. The van der Waals surface area contributed by atoms with Crippen molar-refractivity contribution in [3.63, 3.8) is 0 Å². The average molecular weight is 299 g/mol. The summed E-state index contributed by atoms with van der Waals surface area (Å²) in [6, 6.07) is 5.31. The molecular weight excluding hydrogens is 276 g/mol. The van der Waals surface area contributed by atoms with Crippen LogP contribution in [0.2, 0.25) is 5.02 Å². The Morgan fingerprint density at radius 1 is 1.45 bits per heavy atom. The van der Waals surface area contributed by atoms with Crippen molar-refractivity contribution in [2.45, 2.75) is 33.2 Å². The zero-order valence-corrected chi connectivity index (χ0v) is 13.0. The number of halogens is 1. The molecule has 0 spiro atoms. The van der Waals surface area contributed by atoms with E-state index in [1.807, 2.05) is 13.0 Å². The lowest BCUT2D eigenvalue weighted by molar-refractivity contribution is -0.123. The number of ether oxygens (including phenoxy) is 1. The molecule has 0 aromatic heterocycles. The van der Waals surface area contributed by atoms with Crippen LogP contribution in [0.1, 0.15) is 25.8 Å². The van der Waals surface area contributed by atoms with Crippen LogP contribution in [0.25, 0.3) is 0 Å². The topological polar surface area (TPSA) is 64.3 Å². The third-order valence-corrected chi connectivity index (χ3v) is 3.33. The number of carbonyl (C=O) groups excluding carboxylic acids is 1. The highest BCUT2D eigenvalue weighted by Crippen LogP contribution is 2.20. The summed E-state index contributed by atoms with van der Waals surface area (Å²) in [5.41, 5.74) is 6.56. The molecule has 0 bridgehead atoms. The molecule has 0 heterocycles. The van der Waals surface area contributed by atoms with Crippen molar-refractivity contribution in [3.8, 4) is 5.75 Å². The predicted octanol–water partition coefficient (Wildman–Crippen LogP) is 2.52. The van der Waals surface area contributed by atoms with Crippen molar-refractivity contribution in [1.82, 2.24) is 5.32 Å². The highest BCUT2D eigenvalue weighted by Gasteiger charge is 2.12. The fraction of sp³-hybridized carbons (Fsp3) is 0.533. The minimum Gasteiger partial charge on any atom is -0.484 e. The van der Waals surface area contributed by atoms with E-state index in [1.54, 1.807) is 12.1 Å². The Kier molecular flexibility index (Phi) is 6.82. The van der Waals surface area contributed by atoms with E-state index in [0.717, 1.165) is 12.0 Å². The molecule has 0 fully saturated rings. The van der Waals surface area contributed by atoms with Crippen molar-refractivity contribution < 1.29 is 9.53 Å². The number of carbonyl (C=O) groups is 1. The van der Waals surface area contributed by atoms with E-state index in [4.69, 9.17) is 22.1 Å². The quantitative estimate of drug-likeness (QED) is 0.813. The predicted molar refractivity (Wildman–Crippen MR) is 82.1 cm³/mol. The largest absolute Gasteiger partial charge is 0.484 e. The summed E-state index contributed by atoms with van der Waals surface area (Å²) in [6.07, 6.45) is 0.863. The molecule has 0 saturated heterocycles. The van der Waals surface area contributed by atoms with Crippen LogP contribution >= 0.6 is 11.6 Å². The van der Waals surface area contributed by atoms with Gasteiger partial charge in [-0.25, -0.2) is 0 Å². The molecule has 112 valence electrons. The summed E-state index contributed by atoms with van der Waals surface area (Å²) in [6.45, 7) is 6.51. The van der Waals surface area contributed by atoms with Crippen molar-refractivity contribution in [1.29, 1.82) is 0 Å². The Hall–Kier alpha value is -1.26. The monoisotopic (exact) mass is 298 g/mol. The zero-order chi connectivity index (χ0) is 15.1. The van der Waals surface area contributed by atoms with Crippen LogP contribution in [0.15, 0.2) is 18.2 Å². The Morgan fingerprint density at radius 3 is 2.70 bits per heavy atom. The molecule has 1 aromatic rings. The molecule has 1 unspecified atom stereocenters. The van der Waals surface area contributed by atoms with Crippen LogP contribution in [0.5, 0.6) is 5.75 Å². The van der Waals surface area contributed by atoms with Gasteiger partial charge in [-0.2, -0.15) is 0 Å². The average Bonchev–Trinajstić information content (AvgIpc) is 2.39. The van der Waals surface area contributed by atoms with Gasteiger partial charge in [0.25, 0.3) is 5.91 Å². The van der Waals surface area contributed by atoms with Gasteiger partial charge in [-0.15, -0.1) is 0 Å². The second-order valence-electron chi connectivity index (χ2n) is 5.33. The number of hydrogen-bond donors (Lipinski definition) is 2. The fourth-order valence-electron chi connectivity index (χ4n) is 1.91. The molecule has 0 aliphatic heterocycles. The molecule has 5 heteroatoms. The Balaban J connectivity index is 2.44. The van der Waals surface area contributed by atoms with E-state index in [0.29, 0.717) is 23.2 Å². The number of rotatable bonds is 7. The minimum absolute atomic E-state index is 0.00180. The molecule has 20 heavy (non-hydrogen) atoms. The Labute approximate surface area is 125 Å².